The Hall–Kier alpha value is -2.11. The lowest BCUT2D eigenvalue weighted by Gasteiger charge is -2.37. The third kappa shape index (κ3) is 2.74. The van der Waals surface area contributed by atoms with Crippen LogP contribution in [-0.2, 0) is 16.1 Å². The molecule has 108 valence electrons. The molecule has 1 unspecified atom stereocenters. The summed E-state index contributed by atoms with van der Waals surface area (Å²) in [5.74, 6) is 0.326. The zero-order valence-electron chi connectivity index (χ0n) is 11.9. The van der Waals surface area contributed by atoms with Crippen molar-refractivity contribution in [2.45, 2.75) is 26.4 Å². The molecular weight excluding hydrogens is 258 g/mol. The Balaban J connectivity index is 2.28. The molecule has 1 aromatic rings. The third-order valence-electron chi connectivity index (χ3n) is 3.35. The van der Waals surface area contributed by atoms with Gasteiger partial charge in [0.25, 0.3) is 0 Å². The Morgan fingerprint density at radius 2 is 2.25 bits per heavy atom. The first kappa shape index (κ1) is 14.3. The number of carbonyl (C=O) groups excluding carboxylic acids is 2. The predicted molar refractivity (Wildman–Crippen MR) is 73.0 cm³/mol. The standard InChI is InChI=1S/C14H19N3O3/c1-9(2)12-13(19)16-7-11(18)17(12)8-10-5-4-6-15-14(10)20-3/h4-6,9,12H,7-8H2,1-3H3,(H,16,19). The van der Waals surface area contributed by atoms with Gasteiger partial charge in [0.1, 0.15) is 6.04 Å². The minimum Gasteiger partial charge on any atom is -0.481 e. The van der Waals surface area contributed by atoms with E-state index in [1.165, 1.54) is 7.11 Å². The van der Waals surface area contributed by atoms with E-state index in [4.69, 9.17) is 4.74 Å². The second-order valence-corrected chi connectivity index (χ2v) is 5.10. The molecule has 1 aliphatic heterocycles. The first-order valence-electron chi connectivity index (χ1n) is 6.59. The molecule has 6 nitrogen and oxygen atoms in total. The fourth-order valence-corrected chi connectivity index (χ4v) is 2.43. The number of nitrogens with one attached hydrogen (secondary N) is 1. The number of amides is 2. The molecule has 2 rings (SSSR count). The largest absolute Gasteiger partial charge is 0.481 e. The third-order valence-corrected chi connectivity index (χ3v) is 3.35. The van der Waals surface area contributed by atoms with Gasteiger partial charge in [-0.3, -0.25) is 9.59 Å². The van der Waals surface area contributed by atoms with Crippen LogP contribution >= 0.6 is 0 Å². The van der Waals surface area contributed by atoms with Crippen molar-refractivity contribution in [1.29, 1.82) is 0 Å². The minimum absolute atomic E-state index is 0.0434. The van der Waals surface area contributed by atoms with Gasteiger partial charge in [-0.15, -0.1) is 0 Å². The van der Waals surface area contributed by atoms with Gasteiger partial charge in [0.05, 0.1) is 20.2 Å². The Morgan fingerprint density at radius 1 is 1.50 bits per heavy atom. The Bertz CT molecular complexity index is 516. The zero-order chi connectivity index (χ0) is 14.7. The number of pyridine rings is 1. The number of methoxy groups -OCH3 is 1. The number of hydrogen-bond donors (Lipinski definition) is 1. The van der Waals surface area contributed by atoms with Crippen LogP contribution in [0.1, 0.15) is 19.4 Å². The van der Waals surface area contributed by atoms with Gasteiger partial charge in [-0.2, -0.15) is 0 Å². The summed E-state index contributed by atoms with van der Waals surface area (Å²) in [5.41, 5.74) is 0.795. The SMILES string of the molecule is COc1ncccc1CN1C(=O)CNC(=O)C1C(C)C. The summed E-state index contributed by atoms with van der Waals surface area (Å²) in [6, 6.07) is 3.18. The second-order valence-electron chi connectivity index (χ2n) is 5.10. The van der Waals surface area contributed by atoms with Crippen molar-refractivity contribution >= 4 is 11.8 Å². The maximum Gasteiger partial charge on any atom is 0.243 e. The highest BCUT2D eigenvalue weighted by atomic mass is 16.5. The van der Waals surface area contributed by atoms with Gasteiger partial charge in [-0.25, -0.2) is 4.98 Å². The van der Waals surface area contributed by atoms with Crippen molar-refractivity contribution in [2.24, 2.45) is 5.92 Å². The fraction of sp³-hybridized carbons (Fsp3) is 0.500. The molecule has 0 spiro atoms. The number of rotatable bonds is 4. The van der Waals surface area contributed by atoms with E-state index in [1.807, 2.05) is 19.9 Å². The average Bonchev–Trinajstić information content (AvgIpc) is 2.43. The second kappa shape index (κ2) is 5.90. The van der Waals surface area contributed by atoms with E-state index in [0.29, 0.717) is 12.4 Å². The molecule has 1 N–H and O–H groups in total. The van der Waals surface area contributed by atoms with Crippen molar-refractivity contribution in [3.63, 3.8) is 0 Å². The summed E-state index contributed by atoms with van der Waals surface area (Å²) in [7, 11) is 1.54. The first-order chi connectivity index (χ1) is 9.54. The minimum atomic E-state index is -0.457. The van der Waals surface area contributed by atoms with Crippen molar-refractivity contribution in [3.8, 4) is 5.88 Å². The summed E-state index contributed by atoms with van der Waals surface area (Å²) in [6.45, 7) is 4.23. The van der Waals surface area contributed by atoms with Gasteiger partial charge in [0.2, 0.25) is 17.7 Å². The normalized spacial score (nSPS) is 19.2. The molecule has 20 heavy (non-hydrogen) atoms. The molecule has 1 aliphatic rings. The molecule has 1 aromatic heterocycles. The Morgan fingerprint density at radius 3 is 2.90 bits per heavy atom. The van der Waals surface area contributed by atoms with E-state index in [-0.39, 0.29) is 24.3 Å². The van der Waals surface area contributed by atoms with E-state index >= 15 is 0 Å². The molecule has 0 aliphatic carbocycles. The fourth-order valence-electron chi connectivity index (χ4n) is 2.43. The smallest absolute Gasteiger partial charge is 0.243 e. The summed E-state index contributed by atoms with van der Waals surface area (Å²) in [6.07, 6.45) is 1.63. The first-order valence-corrected chi connectivity index (χ1v) is 6.59. The number of piperazine rings is 1. The van der Waals surface area contributed by atoms with E-state index in [2.05, 4.69) is 10.3 Å². The van der Waals surface area contributed by atoms with Crippen molar-refractivity contribution in [3.05, 3.63) is 23.9 Å². The van der Waals surface area contributed by atoms with Crippen LogP contribution in [0, 0.1) is 5.92 Å². The molecule has 0 radical (unpaired) electrons. The highest BCUT2D eigenvalue weighted by Crippen LogP contribution is 2.22. The van der Waals surface area contributed by atoms with E-state index < -0.39 is 6.04 Å². The lowest BCUT2D eigenvalue weighted by atomic mass is 9.99. The summed E-state index contributed by atoms with van der Waals surface area (Å²) >= 11 is 0. The van der Waals surface area contributed by atoms with Crippen LogP contribution in [0.4, 0.5) is 0 Å². The van der Waals surface area contributed by atoms with Crippen LogP contribution in [0.25, 0.3) is 0 Å². The van der Waals surface area contributed by atoms with E-state index in [9.17, 15) is 9.59 Å². The highest BCUT2D eigenvalue weighted by molar-refractivity contribution is 5.94. The molecule has 1 saturated heterocycles. The number of nitrogens with zero attached hydrogens (tertiary/aromatic N) is 2. The number of carbonyl (C=O) groups is 2. The Kier molecular flexibility index (Phi) is 4.22. The van der Waals surface area contributed by atoms with Crippen molar-refractivity contribution < 1.29 is 14.3 Å². The molecule has 6 heteroatoms. The van der Waals surface area contributed by atoms with Crippen molar-refractivity contribution in [2.75, 3.05) is 13.7 Å². The van der Waals surface area contributed by atoms with Gasteiger partial charge in [0, 0.05) is 11.8 Å². The van der Waals surface area contributed by atoms with Crippen LogP contribution in [0.15, 0.2) is 18.3 Å². The lowest BCUT2D eigenvalue weighted by Crippen LogP contribution is -2.59. The Labute approximate surface area is 118 Å². The topological polar surface area (TPSA) is 71.5 Å². The zero-order valence-corrected chi connectivity index (χ0v) is 11.9. The summed E-state index contributed by atoms with van der Waals surface area (Å²) in [5, 5.41) is 2.63. The van der Waals surface area contributed by atoms with E-state index in [0.717, 1.165) is 5.56 Å². The number of hydrogen-bond acceptors (Lipinski definition) is 4. The van der Waals surface area contributed by atoms with Gasteiger partial charge in [0.15, 0.2) is 0 Å². The summed E-state index contributed by atoms with van der Waals surface area (Å²) < 4.78 is 5.20. The van der Waals surface area contributed by atoms with Gasteiger partial charge in [-0.05, 0) is 12.0 Å². The van der Waals surface area contributed by atoms with Gasteiger partial charge in [-0.1, -0.05) is 19.9 Å². The molecule has 0 aromatic carbocycles. The molecule has 0 bridgehead atoms. The average molecular weight is 277 g/mol. The molecule has 1 fully saturated rings. The number of aromatic nitrogens is 1. The number of ether oxygens (including phenoxy) is 1. The molecular formula is C14H19N3O3. The molecule has 2 amide bonds. The summed E-state index contributed by atoms with van der Waals surface area (Å²) in [4.78, 5) is 29.8. The van der Waals surface area contributed by atoms with Crippen LogP contribution in [0.2, 0.25) is 0 Å². The van der Waals surface area contributed by atoms with Gasteiger partial charge >= 0.3 is 0 Å². The van der Waals surface area contributed by atoms with Crippen LogP contribution in [-0.4, -0.2) is 41.4 Å². The van der Waals surface area contributed by atoms with Crippen LogP contribution in [0.5, 0.6) is 5.88 Å². The van der Waals surface area contributed by atoms with Crippen molar-refractivity contribution in [1.82, 2.24) is 15.2 Å². The monoisotopic (exact) mass is 277 g/mol. The maximum atomic E-state index is 12.1. The highest BCUT2D eigenvalue weighted by Gasteiger charge is 2.36. The van der Waals surface area contributed by atoms with Crippen LogP contribution in [0.3, 0.4) is 0 Å². The predicted octanol–water partition coefficient (Wildman–Crippen LogP) is 0.573. The van der Waals surface area contributed by atoms with Crippen LogP contribution < -0.4 is 10.1 Å². The molecule has 1 atom stereocenters. The van der Waals surface area contributed by atoms with E-state index in [1.54, 1.807) is 17.2 Å². The molecule has 2 heterocycles. The van der Waals surface area contributed by atoms with Gasteiger partial charge < -0.3 is 15.0 Å². The maximum absolute atomic E-state index is 12.1. The quantitative estimate of drug-likeness (QED) is 0.873. The molecule has 0 saturated carbocycles. The lowest BCUT2D eigenvalue weighted by molar-refractivity contribution is -0.148.